The first-order valence-corrected chi connectivity index (χ1v) is 4.10. The molecule has 0 amide bonds. The van der Waals surface area contributed by atoms with Crippen molar-refractivity contribution < 1.29 is 14.3 Å². The van der Waals surface area contributed by atoms with Gasteiger partial charge in [-0.3, -0.25) is 4.79 Å². The number of epoxide rings is 1. The summed E-state index contributed by atoms with van der Waals surface area (Å²) in [6.07, 6.45) is 2.70. The average molecular weight is 158 g/mol. The Labute approximate surface area is 66.7 Å². The van der Waals surface area contributed by atoms with E-state index in [2.05, 4.69) is 6.92 Å². The molecule has 1 aliphatic heterocycles. The molecule has 0 aromatic heterocycles. The molecule has 1 saturated heterocycles. The molecule has 0 aromatic rings. The summed E-state index contributed by atoms with van der Waals surface area (Å²) < 4.78 is 9.79. The third kappa shape index (κ3) is 3.98. The Morgan fingerprint density at radius 2 is 2.45 bits per heavy atom. The van der Waals surface area contributed by atoms with Crippen molar-refractivity contribution in [1.29, 1.82) is 0 Å². The Hall–Kier alpha value is -0.570. The van der Waals surface area contributed by atoms with Crippen LogP contribution in [0.4, 0.5) is 0 Å². The fourth-order valence-corrected chi connectivity index (χ4v) is 0.743. The summed E-state index contributed by atoms with van der Waals surface area (Å²) in [5.74, 6) is -0.0950. The predicted molar refractivity (Wildman–Crippen MR) is 40.2 cm³/mol. The zero-order valence-electron chi connectivity index (χ0n) is 6.84. The molecule has 0 radical (unpaired) electrons. The second-order valence-electron chi connectivity index (χ2n) is 2.74. The first-order chi connectivity index (χ1) is 5.33. The Balaban J connectivity index is 1.91. The van der Waals surface area contributed by atoms with Crippen LogP contribution in [0.3, 0.4) is 0 Å². The van der Waals surface area contributed by atoms with Crippen molar-refractivity contribution in [2.45, 2.75) is 32.3 Å². The van der Waals surface area contributed by atoms with E-state index in [1.165, 1.54) is 0 Å². The van der Waals surface area contributed by atoms with Crippen molar-refractivity contribution in [3.8, 4) is 0 Å². The summed E-state index contributed by atoms with van der Waals surface area (Å²) in [6.45, 7) is 3.25. The molecule has 0 bridgehead atoms. The highest BCUT2D eigenvalue weighted by molar-refractivity contribution is 5.69. The lowest BCUT2D eigenvalue weighted by Gasteiger charge is -2.00. The van der Waals surface area contributed by atoms with E-state index >= 15 is 0 Å². The van der Waals surface area contributed by atoms with Crippen LogP contribution in [-0.2, 0) is 14.3 Å². The SMILES string of the molecule is CCCCC(=O)OC[C@H]1CO1. The summed E-state index contributed by atoms with van der Waals surface area (Å²) in [5, 5.41) is 0. The number of carbonyl (C=O) groups excluding carboxylic acids is 1. The Morgan fingerprint density at radius 1 is 1.73 bits per heavy atom. The Morgan fingerprint density at radius 3 is 3.00 bits per heavy atom. The monoisotopic (exact) mass is 158 g/mol. The number of carbonyl (C=O) groups is 1. The van der Waals surface area contributed by atoms with Gasteiger partial charge in [-0.1, -0.05) is 13.3 Å². The highest BCUT2D eigenvalue weighted by atomic mass is 16.6. The van der Waals surface area contributed by atoms with Gasteiger partial charge in [0.1, 0.15) is 12.7 Å². The number of hydrogen-bond donors (Lipinski definition) is 0. The van der Waals surface area contributed by atoms with Gasteiger partial charge in [0, 0.05) is 6.42 Å². The van der Waals surface area contributed by atoms with E-state index in [9.17, 15) is 4.79 Å². The van der Waals surface area contributed by atoms with Crippen LogP contribution < -0.4 is 0 Å². The molecule has 3 heteroatoms. The first kappa shape index (κ1) is 8.53. The van der Waals surface area contributed by atoms with Crippen LogP contribution in [0.25, 0.3) is 0 Å². The molecule has 1 heterocycles. The van der Waals surface area contributed by atoms with Gasteiger partial charge >= 0.3 is 5.97 Å². The molecule has 0 aromatic carbocycles. The van der Waals surface area contributed by atoms with E-state index in [1.54, 1.807) is 0 Å². The Kier molecular flexibility index (Phi) is 3.36. The predicted octanol–water partition coefficient (Wildman–Crippen LogP) is 1.12. The van der Waals surface area contributed by atoms with Gasteiger partial charge in [0.25, 0.3) is 0 Å². The zero-order valence-corrected chi connectivity index (χ0v) is 6.84. The van der Waals surface area contributed by atoms with Crippen LogP contribution >= 0.6 is 0 Å². The molecule has 0 N–H and O–H groups in total. The molecular formula is C8H14O3. The van der Waals surface area contributed by atoms with Gasteiger partial charge in [0.05, 0.1) is 6.61 Å². The van der Waals surface area contributed by atoms with E-state index in [1.807, 2.05) is 0 Å². The minimum absolute atomic E-state index is 0.0950. The van der Waals surface area contributed by atoms with Crippen LogP contribution in [-0.4, -0.2) is 25.3 Å². The summed E-state index contributed by atoms with van der Waals surface area (Å²) in [4.78, 5) is 10.9. The average Bonchev–Trinajstić information content (AvgIpc) is 2.80. The van der Waals surface area contributed by atoms with Gasteiger partial charge in [-0.2, -0.15) is 0 Å². The molecular weight excluding hydrogens is 144 g/mol. The number of unbranched alkanes of at least 4 members (excludes halogenated alkanes) is 1. The normalized spacial score (nSPS) is 21.4. The molecule has 0 spiro atoms. The second-order valence-corrected chi connectivity index (χ2v) is 2.74. The van der Waals surface area contributed by atoms with E-state index in [4.69, 9.17) is 9.47 Å². The molecule has 0 aliphatic carbocycles. The molecule has 0 saturated carbocycles. The zero-order chi connectivity index (χ0) is 8.10. The summed E-state index contributed by atoms with van der Waals surface area (Å²) in [5.41, 5.74) is 0. The number of hydrogen-bond acceptors (Lipinski definition) is 3. The highest BCUT2D eigenvalue weighted by Gasteiger charge is 2.23. The number of rotatable bonds is 5. The molecule has 64 valence electrons. The van der Waals surface area contributed by atoms with Gasteiger partial charge < -0.3 is 9.47 Å². The standard InChI is InChI=1S/C8H14O3/c1-2-3-4-8(9)11-6-7-5-10-7/h7H,2-6H2,1H3/t7-/m1/s1. The van der Waals surface area contributed by atoms with Gasteiger partial charge in [-0.15, -0.1) is 0 Å². The maximum absolute atomic E-state index is 10.9. The van der Waals surface area contributed by atoms with Gasteiger partial charge in [0.15, 0.2) is 0 Å². The third-order valence-electron chi connectivity index (χ3n) is 1.57. The minimum atomic E-state index is -0.0950. The lowest BCUT2D eigenvalue weighted by atomic mass is 10.2. The van der Waals surface area contributed by atoms with Crippen LogP contribution in [0.15, 0.2) is 0 Å². The topological polar surface area (TPSA) is 38.8 Å². The van der Waals surface area contributed by atoms with Crippen molar-refractivity contribution in [2.75, 3.05) is 13.2 Å². The smallest absolute Gasteiger partial charge is 0.305 e. The van der Waals surface area contributed by atoms with E-state index in [-0.39, 0.29) is 12.1 Å². The highest BCUT2D eigenvalue weighted by Crippen LogP contribution is 2.09. The van der Waals surface area contributed by atoms with E-state index in [0.717, 1.165) is 19.4 Å². The van der Waals surface area contributed by atoms with Crippen molar-refractivity contribution in [3.63, 3.8) is 0 Å². The first-order valence-electron chi connectivity index (χ1n) is 4.10. The van der Waals surface area contributed by atoms with Crippen molar-refractivity contribution >= 4 is 5.97 Å². The van der Waals surface area contributed by atoms with Crippen LogP contribution in [0.5, 0.6) is 0 Å². The lowest BCUT2D eigenvalue weighted by Crippen LogP contribution is -2.09. The largest absolute Gasteiger partial charge is 0.463 e. The van der Waals surface area contributed by atoms with Gasteiger partial charge in [-0.25, -0.2) is 0 Å². The second kappa shape index (κ2) is 4.34. The van der Waals surface area contributed by atoms with Crippen molar-refractivity contribution in [1.82, 2.24) is 0 Å². The quantitative estimate of drug-likeness (QED) is 0.444. The van der Waals surface area contributed by atoms with Gasteiger partial charge in [0.2, 0.25) is 0 Å². The fourth-order valence-electron chi connectivity index (χ4n) is 0.743. The summed E-state index contributed by atoms with van der Waals surface area (Å²) >= 11 is 0. The summed E-state index contributed by atoms with van der Waals surface area (Å²) in [6, 6.07) is 0. The maximum Gasteiger partial charge on any atom is 0.305 e. The summed E-state index contributed by atoms with van der Waals surface area (Å²) in [7, 11) is 0. The van der Waals surface area contributed by atoms with Crippen molar-refractivity contribution in [2.24, 2.45) is 0 Å². The van der Waals surface area contributed by atoms with Crippen molar-refractivity contribution in [3.05, 3.63) is 0 Å². The molecule has 1 atom stereocenters. The molecule has 1 fully saturated rings. The third-order valence-corrected chi connectivity index (χ3v) is 1.57. The molecule has 1 aliphatic rings. The molecule has 3 nitrogen and oxygen atoms in total. The maximum atomic E-state index is 10.9. The van der Waals surface area contributed by atoms with Crippen LogP contribution in [0.1, 0.15) is 26.2 Å². The molecule has 1 rings (SSSR count). The van der Waals surface area contributed by atoms with E-state index in [0.29, 0.717) is 13.0 Å². The van der Waals surface area contributed by atoms with Gasteiger partial charge in [-0.05, 0) is 6.42 Å². The van der Waals surface area contributed by atoms with E-state index < -0.39 is 0 Å². The fraction of sp³-hybridized carbons (Fsp3) is 0.875. The molecule has 11 heavy (non-hydrogen) atoms. The lowest BCUT2D eigenvalue weighted by molar-refractivity contribution is -0.144. The minimum Gasteiger partial charge on any atom is -0.463 e. The van der Waals surface area contributed by atoms with Crippen LogP contribution in [0, 0.1) is 0 Å². The van der Waals surface area contributed by atoms with Crippen LogP contribution in [0.2, 0.25) is 0 Å². The Bertz CT molecular complexity index is 129. The number of ether oxygens (including phenoxy) is 2. The number of esters is 1. The molecule has 0 unspecified atom stereocenters.